The highest BCUT2D eigenvalue weighted by Crippen LogP contribution is 2.32. The van der Waals surface area contributed by atoms with Crippen LogP contribution in [-0.4, -0.2) is 5.11 Å². The monoisotopic (exact) mass is 286 g/mol. The summed E-state index contributed by atoms with van der Waals surface area (Å²) in [7, 11) is 0. The summed E-state index contributed by atoms with van der Waals surface area (Å²) in [6, 6.07) is 12.8. The second-order valence-electron chi connectivity index (χ2n) is 6.86. The number of hydrogen-bond donors (Lipinski definition) is 1. The van der Waals surface area contributed by atoms with Gasteiger partial charge in [0.25, 0.3) is 0 Å². The minimum Gasteiger partial charge on any atom is -0.381 e. The molecule has 0 bridgehead atoms. The highest BCUT2D eigenvalue weighted by atomic mass is 19.1. The van der Waals surface area contributed by atoms with E-state index in [0.29, 0.717) is 11.1 Å². The molecule has 2 aromatic carbocycles. The molecule has 112 valence electrons. The normalized spacial score (nSPS) is 14.8. The van der Waals surface area contributed by atoms with Crippen molar-refractivity contribution in [2.45, 2.75) is 45.6 Å². The summed E-state index contributed by atoms with van der Waals surface area (Å²) in [5.74, 6) is -0.293. The van der Waals surface area contributed by atoms with E-state index in [4.69, 9.17) is 0 Å². The highest BCUT2D eigenvalue weighted by molar-refractivity contribution is 5.39. The van der Waals surface area contributed by atoms with Gasteiger partial charge in [-0.05, 0) is 47.6 Å². The van der Waals surface area contributed by atoms with Crippen molar-refractivity contribution in [3.63, 3.8) is 0 Å². The smallest absolute Gasteiger partial charge is 0.126 e. The summed E-state index contributed by atoms with van der Waals surface area (Å²) in [6.07, 6.45) is 0. The molecule has 0 radical (unpaired) electrons. The van der Waals surface area contributed by atoms with E-state index >= 15 is 0 Å². The van der Waals surface area contributed by atoms with E-state index in [2.05, 4.69) is 20.8 Å². The Morgan fingerprint density at radius 2 is 1.29 bits per heavy atom. The van der Waals surface area contributed by atoms with Crippen LogP contribution in [-0.2, 0) is 11.0 Å². The zero-order valence-electron chi connectivity index (χ0n) is 13.4. The number of benzene rings is 2. The molecule has 0 spiro atoms. The Balaban J connectivity index is 2.41. The van der Waals surface area contributed by atoms with Gasteiger partial charge in [-0.15, -0.1) is 0 Å². The fourth-order valence-electron chi connectivity index (χ4n) is 2.36. The molecule has 2 aromatic rings. The summed E-state index contributed by atoms with van der Waals surface area (Å²) in [5, 5.41) is 10.8. The number of rotatable bonds is 2. The van der Waals surface area contributed by atoms with Crippen molar-refractivity contribution in [3.8, 4) is 0 Å². The van der Waals surface area contributed by atoms with Crippen LogP contribution < -0.4 is 0 Å². The maximum atomic E-state index is 13.7. The predicted octanol–water partition coefficient (Wildman–Crippen LogP) is 4.69. The first-order valence-corrected chi connectivity index (χ1v) is 7.22. The topological polar surface area (TPSA) is 20.2 Å². The molecule has 0 aliphatic heterocycles. The van der Waals surface area contributed by atoms with Gasteiger partial charge in [-0.25, -0.2) is 4.39 Å². The minimum atomic E-state index is -1.20. The highest BCUT2D eigenvalue weighted by Gasteiger charge is 2.26. The third-order valence-electron chi connectivity index (χ3n) is 4.05. The van der Waals surface area contributed by atoms with E-state index in [0.717, 1.165) is 5.56 Å². The first-order chi connectivity index (χ1) is 9.62. The van der Waals surface area contributed by atoms with Crippen LogP contribution in [0.3, 0.4) is 0 Å². The van der Waals surface area contributed by atoms with Gasteiger partial charge in [-0.3, -0.25) is 0 Å². The Morgan fingerprint density at radius 3 is 1.76 bits per heavy atom. The first-order valence-electron chi connectivity index (χ1n) is 7.22. The third-order valence-corrected chi connectivity index (χ3v) is 4.05. The average molecular weight is 286 g/mol. The summed E-state index contributed by atoms with van der Waals surface area (Å²) in [6.45, 7) is 9.86. The van der Waals surface area contributed by atoms with Gasteiger partial charge in [0.15, 0.2) is 0 Å². The van der Waals surface area contributed by atoms with Crippen molar-refractivity contribution >= 4 is 0 Å². The molecular formula is C19H23FO. The van der Waals surface area contributed by atoms with Gasteiger partial charge >= 0.3 is 0 Å². The minimum absolute atomic E-state index is 0.0698. The molecule has 2 rings (SSSR count). The molecule has 0 saturated heterocycles. The van der Waals surface area contributed by atoms with E-state index in [1.165, 1.54) is 11.6 Å². The molecule has 1 unspecified atom stereocenters. The predicted molar refractivity (Wildman–Crippen MR) is 85.0 cm³/mol. The Labute approximate surface area is 126 Å². The molecule has 21 heavy (non-hydrogen) atoms. The van der Waals surface area contributed by atoms with Gasteiger partial charge in [0.2, 0.25) is 0 Å². The summed E-state index contributed by atoms with van der Waals surface area (Å²) >= 11 is 0. The van der Waals surface area contributed by atoms with Crippen molar-refractivity contribution in [1.82, 2.24) is 0 Å². The molecule has 0 heterocycles. The van der Waals surface area contributed by atoms with E-state index in [-0.39, 0.29) is 11.2 Å². The van der Waals surface area contributed by atoms with Gasteiger partial charge in [-0.2, -0.15) is 0 Å². The number of aryl methyl sites for hydroxylation is 1. The lowest BCUT2D eigenvalue weighted by molar-refractivity contribution is 0.102. The standard InChI is InChI=1S/C19H23FO/c1-13-6-7-16(12-17(13)20)19(5,21)15-10-8-14(9-11-15)18(2,3)4/h6-12,21H,1-5H3. The molecule has 0 aliphatic carbocycles. The lowest BCUT2D eigenvalue weighted by Gasteiger charge is -2.26. The number of hydrogen-bond acceptors (Lipinski definition) is 1. The lowest BCUT2D eigenvalue weighted by Crippen LogP contribution is -2.23. The summed E-state index contributed by atoms with van der Waals surface area (Å²) < 4.78 is 13.7. The third kappa shape index (κ3) is 3.16. The van der Waals surface area contributed by atoms with Gasteiger partial charge in [0.05, 0.1) is 0 Å². The van der Waals surface area contributed by atoms with Crippen LogP contribution in [0, 0.1) is 12.7 Å². The van der Waals surface area contributed by atoms with E-state index in [9.17, 15) is 9.50 Å². The lowest BCUT2D eigenvalue weighted by atomic mass is 9.83. The SMILES string of the molecule is Cc1ccc(C(C)(O)c2ccc(C(C)(C)C)cc2)cc1F. The zero-order valence-corrected chi connectivity index (χ0v) is 13.4. The summed E-state index contributed by atoms with van der Waals surface area (Å²) in [5.41, 5.74) is 1.98. The van der Waals surface area contributed by atoms with Gasteiger partial charge in [0.1, 0.15) is 11.4 Å². The van der Waals surface area contributed by atoms with Crippen molar-refractivity contribution in [3.05, 3.63) is 70.5 Å². The maximum Gasteiger partial charge on any atom is 0.126 e. The van der Waals surface area contributed by atoms with E-state index in [1.807, 2.05) is 24.3 Å². The molecule has 0 aliphatic rings. The average Bonchev–Trinajstić information content (AvgIpc) is 2.41. The zero-order chi connectivity index (χ0) is 15.8. The second kappa shape index (κ2) is 5.27. The fourth-order valence-corrected chi connectivity index (χ4v) is 2.36. The van der Waals surface area contributed by atoms with Crippen LogP contribution in [0.2, 0.25) is 0 Å². The van der Waals surface area contributed by atoms with Crippen LogP contribution >= 0.6 is 0 Å². The van der Waals surface area contributed by atoms with Crippen molar-refractivity contribution in [1.29, 1.82) is 0 Å². The van der Waals surface area contributed by atoms with Gasteiger partial charge in [0, 0.05) is 0 Å². The maximum absolute atomic E-state index is 13.7. The largest absolute Gasteiger partial charge is 0.381 e. The molecule has 0 saturated carbocycles. The Bertz CT molecular complexity index is 634. The van der Waals surface area contributed by atoms with Gasteiger partial charge in [-0.1, -0.05) is 57.2 Å². The van der Waals surface area contributed by atoms with Crippen molar-refractivity contribution < 1.29 is 9.50 Å². The first kappa shape index (κ1) is 15.7. The molecule has 0 amide bonds. The number of halogens is 1. The molecule has 0 fully saturated rings. The van der Waals surface area contributed by atoms with E-state index in [1.54, 1.807) is 26.0 Å². The molecule has 1 atom stereocenters. The van der Waals surface area contributed by atoms with Crippen molar-refractivity contribution in [2.24, 2.45) is 0 Å². The van der Waals surface area contributed by atoms with Crippen LogP contribution in [0.5, 0.6) is 0 Å². The number of aliphatic hydroxyl groups is 1. The quantitative estimate of drug-likeness (QED) is 0.849. The Hall–Kier alpha value is -1.67. The van der Waals surface area contributed by atoms with Crippen LogP contribution in [0.4, 0.5) is 4.39 Å². The molecule has 0 aromatic heterocycles. The van der Waals surface area contributed by atoms with Crippen LogP contribution in [0.25, 0.3) is 0 Å². The molecule has 1 nitrogen and oxygen atoms in total. The van der Waals surface area contributed by atoms with Crippen LogP contribution in [0.15, 0.2) is 42.5 Å². The molecule has 2 heteroatoms. The fraction of sp³-hybridized carbons (Fsp3) is 0.368. The van der Waals surface area contributed by atoms with Gasteiger partial charge < -0.3 is 5.11 Å². The van der Waals surface area contributed by atoms with Crippen LogP contribution in [0.1, 0.15) is 49.9 Å². The van der Waals surface area contributed by atoms with E-state index < -0.39 is 5.60 Å². The molecular weight excluding hydrogens is 263 g/mol. The Morgan fingerprint density at radius 1 is 0.810 bits per heavy atom. The van der Waals surface area contributed by atoms with Crippen molar-refractivity contribution in [2.75, 3.05) is 0 Å². The summed E-state index contributed by atoms with van der Waals surface area (Å²) in [4.78, 5) is 0. The Kier molecular flexibility index (Phi) is 3.94. The second-order valence-corrected chi connectivity index (χ2v) is 6.86. The molecule has 1 N–H and O–H groups in total.